The van der Waals surface area contributed by atoms with Gasteiger partial charge in [0.1, 0.15) is 16.6 Å². The number of halogens is 2. The largest absolute Gasteiger partial charge is 0.390 e. The second-order valence-electron chi connectivity index (χ2n) is 9.44. The third-order valence-corrected chi connectivity index (χ3v) is 8.58. The molecule has 0 bridgehead atoms. The van der Waals surface area contributed by atoms with E-state index in [1.165, 1.54) is 0 Å². The Hall–Kier alpha value is -3.50. The van der Waals surface area contributed by atoms with Gasteiger partial charge in [0.15, 0.2) is 11.6 Å². The normalized spacial score (nSPS) is 19.1. The maximum atomic E-state index is 16.5. The molecule has 38 heavy (non-hydrogen) atoms. The summed E-state index contributed by atoms with van der Waals surface area (Å²) in [5.41, 5.74) is 7.70. The fourth-order valence-corrected chi connectivity index (χ4v) is 6.60. The number of aliphatic hydroxyl groups excluding tert-OH is 1. The van der Waals surface area contributed by atoms with Gasteiger partial charge in [0, 0.05) is 35.6 Å². The van der Waals surface area contributed by atoms with Crippen molar-refractivity contribution in [2.75, 3.05) is 36.8 Å². The number of nitriles is 1. The molecule has 3 N–H and O–H groups in total. The summed E-state index contributed by atoms with van der Waals surface area (Å²) in [7, 11) is 0. The van der Waals surface area contributed by atoms with E-state index in [0.29, 0.717) is 30.0 Å². The van der Waals surface area contributed by atoms with Crippen LogP contribution in [0, 0.1) is 23.0 Å². The number of β-amino-alcohol motifs (C(OH)–C–C–N with tert-alkyl or cyclic N) is 1. The summed E-state index contributed by atoms with van der Waals surface area (Å²) in [6.07, 6.45) is 2.02. The number of aliphatic hydroxyl groups is 1. The van der Waals surface area contributed by atoms with E-state index in [-0.39, 0.29) is 56.7 Å². The third-order valence-electron chi connectivity index (χ3n) is 7.56. The van der Waals surface area contributed by atoms with Crippen molar-refractivity contribution in [3.8, 4) is 17.3 Å². The number of nitrogens with two attached hydrogens (primary N) is 1. The molecule has 3 aromatic heterocycles. The van der Waals surface area contributed by atoms with E-state index in [2.05, 4.69) is 19.9 Å². The van der Waals surface area contributed by atoms with Crippen LogP contribution in [-0.4, -0.2) is 63.3 Å². The summed E-state index contributed by atoms with van der Waals surface area (Å²) >= 11 is 0.934. The first-order chi connectivity index (χ1) is 18.4. The molecule has 0 spiro atoms. The zero-order valence-electron chi connectivity index (χ0n) is 20.8. The fourth-order valence-electron chi connectivity index (χ4n) is 5.68. The van der Waals surface area contributed by atoms with Crippen LogP contribution in [0.4, 0.5) is 19.7 Å². The molecule has 6 rings (SSSR count). The molecule has 1 aromatic carbocycles. The number of nitrogens with zero attached hydrogens (tertiary/aromatic N) is 6. The number of anilines is 2. The van der Waals surface area contributed by atoms with E-state index in [1.54, 1.807) is 6.20 Å². The minimum Gasteiger partial charge on any atom is -0.390 e. The van der Waals surface area contributed by atoms with Crippen molar-refractivity contribution < 1.29 is 18.6 Å². The smallest absolute Gasteiger partial charge is 0.226 e. The van der Waals surface area contributed by atoms with Gasteiger partial charge in [-0.2, -0.15) is 5.26 Å². The molecule has 196 valence electrons. The van der Waals surface area contributed by atoms with Gasteiger partial charge in [-0.05, 0) is 24.2 Å². The second-order valence-corrected chi connectivity index (χ2v) is 10.5. The van der Waals surface area contributed by atoms with Gasteiger partial charge in [-0.3, -0.25) is 9.88 Å². The fraction of sp³-hybridized carbons (Fsp3) is 0.385. The van der Waals surface area contributed by atoms with Gasteiger partial charge in [-0.15, -0.1) is 11.3 Å². The van der Waals surface area contributed by atoms with Crippen molar-refractivity contribution in [3.63, 3.8) is 0 Å². The van der Waals surface area contributed by atoms with Crippen LogP contribution in [0.2, 0.25) is 0 Å². The highest BCUT2D eigenvalue weighted by Gasteiger charge is 2.36. The number of benzene rings is 1. The van der Waals surface area contributed by atoms with E-state index < -0.39 is 17.7 Å². The highest BCUT2D eigenvalue weighted by atomic mass is 32.1. The van der Waals surface area contributed by atoms with E-state index in [4.69, 9.17) is 10.5 Å². The van der Waals surface area contributed by atoms with Crippen molar-refractivity contribution in [1.29, 1.82) is 5.26 Å². The molecule has 0 aliphatic carbocycles. The van der Waals surface area contributed by atoms with Crippen LogP contribution in [0.5, 0.6) is 0 Å². The number of hydrogen-bond acceptors (Lipinski definition) is 10. The predicted octanol–water partition coefficient (Wildman–Crippen LogP) is 3.56. The van der Waals surface area contributed by atoms with Crippen LogP contribution in [0.3, 0.4) is 0 Å². The van der Waals surface area contributed by atoms with Crippen LogP contribution in [0.25, 0.3) is 32.2 Å². The minimum atomic E-state index is -0.651. The molecular weight excluding hydrogens is 512 g/mol. The van der Waals surface area contributed by atoms with E-state index in [9.17, 15) is 14.8 Å². The summed E-state index contributed by atoms with van der Waals surface area (Å²) in [5, 5.41) is 21.3. The highest BCUT2D eigenvalue weighted by molar-refractivity contribution is 7.23. The van der Waals surface area contributed by atoms with Crippen molar-refractivity contribution in [2.24, 2.45) is 0 Å². The standard InChI is InChI=1S/C26H25F2N7O2S/c1-3-34(4-2)17-8-35(9-18(17)36)26-32-6-13-14-10-37-11-15(14)19(21(28)22(13)33-26)23-20-12(5-29)25(30)38-24(20)16(27)7-31-23/h6-7,17-18,36H,3-4,8-11,30H2,1-2H3. The molecule has 2 aliphatic rings. The van der Waals surface area contributed by atoms with E-state index >= 15 is 4.39 Å². The number of thiophene rings is 1. The van der Waals surface area contributed by atoms with E-state index in [0.717, 1.165) is 36.2 Å². The maximum Gasteiger partial charge on any atom is 0.226 e. The summed E-state index contributed by atoms with van der Waals surface area (Å²) in [6, 6.07) is 1.94. The number of ether oxygens (including phenoxy) is 1. The molecule has 0 amide bonds. The number of fused-ring (bicyclic) bond motifs is 4. The molecule has 1 fully saturated rings. The Labute approximate surface area is 221 Å². The summed E-state index contributed by atoms with van der Waals surface area (Å²) < 4.78 is 37.0. The van der Waals surface area contributed by atoms with Crippen LogP contribution in [0.15, 0.2) is 12.4 Å². The number of likely N-dealkylation sites (N-methyl/N-ethyl adjacent to an activating group) is 1. The van der Waals surface area contributed by atoms with Gasteiger partial charge >= 0.3 is 0 Å². The Balaban J connectivity index is 1.54. The molecule has 5 heterocycles. The zero-order chi connectivity index (χ0) is 26.7. The predicted molar refractivity (Wildman–Crippen MR) is 141 cm³/mol. The lowest BCUT2D eigenvalue weighted by atomic mass is 9.94. The van der Waals surface area contributed by atoms with Crippen LogP contribution < -0.4 is 10.6 Å². The number of pyridine rings is 1. The highest BCUT2D eigenvalue weighted by Crippen LogP contribution is 2.45. The van der Waals surface area contributed by atoms with Gasteiger partial charge in [-0.1, -0.05) is 13.8 Å². The van der Waals surface area contributed by atoms with Crippen LogP contribution in [-0.2, 0) is 18.0 Å². The topological polar surface area (TPSA) is 124 Å². The molecule has 9 nitrogen and oxygen atoms in total. The summed E-state index contributed by atoms with van der Waals surface area (Å²) in [5.74, 6) is -0.970. The summed E-state index contributed by atoms with van der Waals surface area (Å²) in [4.78, 5) is 17.4. The van der Waals surface area contributed by atoms with Gasteiger partial charge in [0.25, 0.3) is 0 Å². The Morgan fingerprint density at radius 3 is 2.71 bits per heavy atom. The monoisotopic (exact) mass is 537 g/mol. The maximum absolute atomic E-state index is 16.5. The molecule has 1 saturated heterocycles. The first-order valence-corrected chi connectivity index (χ1v) is 13.2. The molecule has 0 radical (unpaired) electrons. The average Bonchev–Trinajstić information content (AvgIpc) is 3.63. The van der Waals surface area contributed by atoms with Crippen molar-refractivity contribution in [1.82, 2.24) is 19.9 Å². The zero-order valence-corrected chi connectivity index (χ0v) is 21.6. The number of hydrogen-bond donors (Lipinski definition) is 2. The third kappa shape index (κ3) is 3.61. The van der Waals surface area contributed by atoms with Crippen molar-refractivity contribution in [2.45, 2.75) is 39.2 Å². The molecule has 12 heteroatoms. The summed E-state index contributed by atoms with van der Waals surface area (Å²) in [6.45, 7) is 6.89. The number of nitrogen functional groups attached to an aromatic ring is 1. The first kappa shape index (κ1) is 24.8. The lowest BCUT2D eigenvalue weighted by Crippen LogP contribution is -2.43. The Morgan fingerprint density at radius 2 is 1.97 bits per heavy atom. The molecular formula is C26H25F2N7O2S. The van der Waals surface area contributed by atoms with E-state index in [1.807, 2.05) is 24.8 Å². The Kier molecular flexibility index (Phi) is 6.11. The average molecular weight is 538 g/mol. The van der Waals surface area contributed by atoms with Gasteiger partial charge < -0.3 is 20.5 Å². The van der Waals surface area contributed by atoms with Gasteiger partial charge in [0.2, 0.25) is 5.95 Å². The SMILES string of the molecule is CCN(CC)C1CN(c2ncc3c4c(c(-c5ncc(F)c6sc(N)c(C#N)c56)c(F)c3n2)COC4)CC1O. The minimum absolute atomic E-state index is 0.0658. The number of aromatic nitrogens is 3. The lowest BCUT2D eigenvalue weighted by molar-refractivity contribution is 0.0899. The second kappa shape index (κ2) is 9.36. The Bertz CT molecular complexity index is 1630. The number of rotatable bonds is 5. The molecule has 2 unspecified atom stereocenters. The first-order valence-electron chi connectivity index (χ1n) is 12.4. The molecule has 0 saturated carbocycles. The molecule has 2 aliphatic heterocycles. The van der Waals surface area contributed by atoms with Crippen molar-refractivity contribution in [3.05, 3.63) is 40.7 Å². The van der Waals surface area contributed by atoms with Crippen LogP contribution in [0.1, 0.15) is 30.5 Å². The van der Waals surface area contributed by atoms with Crippen molar-refractivity contribution >= 4 is 43.3 Å². The lowest BCUT2D eigenvalue weighted by Gasteiger charge is -2.27. The van der Waals surface area contributed by atoms with Gasteiger partial charge in [0.05, 0.1) is 47.5 Å². The molecule has 4 aromatic rings. The quantitative estimate of drug-likeness (QED) is 0.393. The Morgan fingerprint density at radius 1 is 1.21 bits per heavy atom. The van der Waals surface area contributed by atoms with Crippen LogP contribution >= 0.6 is 11.3 Å². The molecule has 2 atom stereocenters. The van der Waals surface area contributed by atoms with Gasteiger partial charge in [-0.25, -0.2) is 18.7 Å².